The Balaban J connectivity index is 1.37. The van der Waals surface area contributed by atoms with Gasteiger partial charge in [0, 0.05) is 45.3 Å². The second-order valence-corrected chi connectivity index (χ2v) is 22.2. The van der Waals surface area contributed by atoms with Crippen molar-refractivity contribution in [2.45, 2.75) is 109 Å². The summed E-state index contributed by atoms with van der Waals surface area (Å²) in [6, 6.07) is 25.1. The zero-order chi connectivity index (χ0) is 45.9. The van der Waals surface area contributed by atoms with Crippen molar-refractivity contribution < 1.29 is 18.9 Å². The lowest BCUT2D eigenvalue weighted by Gasteiger charge is -2.20. The largest absolute Gasteiger partial charge is 0.493 e. The zero-order valence-corrected chi connectivity index (χ0v) is 40.4. The monoisotopic (exact) mass is 863 g/mol. The van der Waals surface area contributed by atoms with Gasteiger partial charge < -0.3 is 28.9 Å². The summed E-state index contributed by atoms with van der Waals surface area (Å²) >= 11 is 0. The number of hydrogen-bond acceptors (Lipinski definition) is 6. The number of rotatable bonds is 14. The molecule has 338 valence electrons. The Kier molecular flexibility index (Phi) is 13.6. The topological polar surface area (TPSA) is 94.3 Å². The Hall–Kier alpha value is -5.76. The van der Waals surface area contributed by atoms with Crippen molar-refractivity contribution >= 4 is 46.4 Å². The highest BCUT2D eigenvalue weighted by atomic mass is 16.5. The SMILES string of the molecule is CC(C)(C)CCOc1cc(OCCC(C)(C)C)cc(-c2c3nc(cc4ccc([nH]4)c(-c4cc(OCCC(C)(C)C)cc(OCCC(C)(C)C)c4)c4nc(cc5ccc2[nH]5)C=C4)C=C3)c1. The summed E-state index contributed by atoms with van der Waals surface area (Å²) in [6.45, 7) is 29.2. The van der Waals surface area contributed by atoms with E-state index in [1.165, 1.54) is 0 Å². The number of aromatic nitrogens is 4. The van der Waals surface area contributed by atoms with E-state index in [2.05, 4.69) is 178 Å². The van der Waals surface area contributed by atoms with Crippen LogP contribution in [0.5, 0.6) is 23.0 Å². The van der Waals surface area contributed by atoms with E-state index in [9.17, 15) is 0 Å². The lowest BCUT2D eigenvalue weighted by atomic mass is 9.93. The Morgan fingerprint density at radius 2 is 0.703 bits per heavy atom. The first kappa shape index (κ1) is 46.2. The molecule has 0 saturated heterocycles. The average Bonchev–Trinajstić information content (AvgIpc) is 4.00. The summed E-state index contributed by atoms with van der Waals surface area (Å²) in [7, 11) is 0. The molecule has 0 unspecified atom stereocenters. The van der Waals surface area contributed by atoms with E-state index in [0.717, 1.165) is 116 Å². The van der Waals surface area contributed by atoms with Crippen LogP contribution in [-0.2, 0) is 0 Å². The molecule has 2 aliphatic heterocycles. The molecule has 2 N–H and O–H groups in total. The lowest BCUT2D eigenvalue weighted by molar-refractivity contribution is 0.233. The summed E-state index contributed by atoms with van der Waals surface area (Å²) in [5.74, 6) is 3.09. The lowest BCUT2D eigenvalue weighted by Crippen LogP contribution is -2.12. The molecule has 8 heteroatoms. The normalized spacial score (nSPS) is 13.1. The van der Waals surface area contributed by atoms with Gasteiger partial charge in [0.2, 0.25) is 0 Å². The van der Waals surface area contributed by atoms with Gasteiger partial charge in [0.1, 0.15) is 23.0 Å². The van der Waals surface area contributed by atoms with Gasteiger partial charge in [0.15, 0.2) is 0 Å². The third-order valence-electron chi connectivity index (χ3n) is 11.2. The standard InChI is InChI=1S/C56H70N4O4/c1-53(2,3)21-25-61-43-29-37(30-44(35-43)62-26-22-54(4,5)6)51-47-17-13-39(57-47)33-41-15-19-49(59-41)52(50-20-16-42(60-50)34-40-14-18-48(51)58-40)38-31-45(63-27-23-55(7,8)9)36-46(32-38)64-28-24-56(10,11)12/h13-20,29-36,57,60H,21-28H2,1-12H3. The van der Waals surface area contributed by atoms with Crippen molar-refractivity contribution in [3.05, 3.63) is 95.6 Å². The molecule has 7 rings (SSSR count). The third-order valence-corrected chi connectivity index (χ3v) is 11.2. The molecule has 5 heterocycles. The molecule has 2 aliphatic rings. The first-order valence-electron chi connectivity index (χ1n) is 23.0. The number of nitrogens with one attached hydrogen (secondary N) is 2. The molecule has 3 aromatic heterocycles. The Labute approximate surface area is 381 Å². The van der Waals surface area contributed by atoms with E-state index < -0.39 is 0 Å². The van der Waals surface area contributed by atoms with E-state index >= 15 is 0 Å². The number of aromatic amines is 2. The molecule has 0 fully saturated rings. The molecule has 2 aromatic carbocycles. The maximum absolute atomic E-state index is 6.45. The van der Waals surface area contributed by atoms with Gasteiger partial charge in [0.05, 0.1) is 49.2 Å². The number of benzene rings is 2. The third kappa shape index (κ3) is 13.1. The van der Waals surface area contributed by atoms with Crippen LogP contribution in [0.2, 0.25) is 0 Å². The van der Waals surface area contributed by atoms with Crippen LogP contribution in [0.1, 0.15) is 132 Å². The Bertz CT molecular complexity index is 2410. The highest BCUT2D eigenvalue weighted by Crippen LogP contribution is 2.38. The maximum Gasteiger partial charge on any atom is 0.123 e. The van der Waals surface area contributed by atoms with Crippen LogP contribution in [0.15, 0.2) is 72.8 Å². The second kappa shape index (κ2) is 18.8. The molecule has 0 saturated carbocycles. The minimum absolute atomic E-state index is 0.150. The molecular formula is C56H70N4O4. The van der Waals surface area contributed by atoms with E-state index in [1.54, 1.807) is 0 Å². The molecule has 0 radical (unpaired) electrons. The molecule has 5 aromatic rings. The number of fused-ring (bicyclic) bond motifs is 8. The zero-order valence-electron chi connectivity index (χ0n) is 40.4. The van der Waals surface area contributed by atoms with Gasteiger partial charge in [-0.05, 0) is 143 Å². The molecule has 8 bridgehead atoms. The number of H-pyrrole nitrogens is 2. The highest BCUT2D eigenvalue weighted by molar-refractivity contribution is 5.94. The summed E-state index contributed by atoms with van der Waals surface area (Å²) < 4.78 is 25.8. The van der Waals surface area contributed by atoms with Crippen molar-refractivity contribution in [2.75, 3.05) is 26.4 Å². The van der Waals surface area contributed by atoms with Crippen LogP contribution in [0.4, 0.5) is 0 Å². The molecule has 64 heavy (non-hydrogen) atoms. The molecule has 8 nitrogen and oxygen atoms in total. The van der Waals surface area contributed by atoms with Crippen LogP contribution in [-0.4, -0.2) is 46.4 Å². The fourth-order valence-corrected chi connectivity index (χ4v) is 7.35. The van der Waals surface area contributed by atoms with Gasteiger partial charge in [-0.25, -0.2) is 9.97 Å². The first-order chi connectivity index (χ1) is 30.1. The predicted octanol–water partition coefficient (Wildman–Crippen LogP) is 15.2. The summed E-state index contributed by atoms with van der Waals surface area (Å²) in [5, 5.41) is 0. The van der Waals surface area contributed by atoms with Gasteiger partial charge in [-0.15, -0.1) is 0 Å². The number of ether oxygens (including phenoxy) is 4. The van der Waals surface area contributed by atoms with Gasteiger partial charge in [0.25, 0.3) is 0 Å². The molecular weight excluding hydrogens is 793 g/mol. The van der Waals surface area contributed by atoms with Gasteiger partial charge in [-0.3, -0.25) is 0 Å². The minimum Gasteiger partial charge on any atom is -0.493 e. The number of hydrogen-bond donors (Lipinski definition) is 2. The van der Waals surface area contributed by atoms with Crippen LogP contribution < -0.4 is 18.9 Å². The highest BCUT2D eigenvalue weighted by Gasteiger charge is 2.19. The average molecular weight is 863 g/mol. The van der Waals surface area contributed by atoms with Crippen molar-refractivity contribution in [1.82, 2.24) is 19.9 Å². The number of nitrogens with zero attached hydrogens (tertiary/aromatic N) is 2. The molecule has 0 atom stereocenters. The predicted molar refractivity (Wildman–Crippen MR) is 268 cm³/mol. The minimum atomic E-state index is 0.150. The molecule has 0 spiro atoms. The van der Waals surface area contributed by atoms with Crippen molar-refractivity contribution in [3.8, 4) is 45.3 Å². The van der Waals surface area contributed by atoms with E-state index in [4.69, 9.17) is 28.9 Å². The van der Waals surface area contributed by atoms with Gasteiger partial charge in [-0.2, -0.15) is 0 Å². The Morgan fingerprint density at radius 3 is 1.00 bits per heavy atom. The second-order valence-electron chi connectivity index (χ2n) is 22.2. The van der Waals surface area contributed by atoms with E-state index in [-0.39, 0.29) is 21.7 Å². The van der Waals surface area contributed by atoms with E-state index in [0.29, 0.717) is 26.4 Å². The smallest absolute Gasteiger partial charge is 0.123 e. The van der Waals surface area contributed by atoms with Gasteiger partial charge in [-0.1, -0.05) is 83.1 Å². The summed E-state index contributed by atoms with van der Waals surface area (Å²) in [4.78, 5) is 17.9. The van der Waals surface area contributed by atoms with E-state index in [1.807, 2.05) is 12.1 Å². The first-order valence-corrected chi connectivity index (χ1v) is 23.0. The van der Waals surface area contributed by atoms with Crippen LogP contribution >= 0.6 is 0 Å². The Morgan fingerprint density at radius 1 is 0.391 bits per heavy atom. The molecule has 0 amide bonds. The van der Waals surface area contributed by atoms with Crippen LogP contribution in [0, 0.1) is 21.7 Å². The summed E-state index contributed by atoms with van der Waals surface area (Å²) in [6.07, 6.45) is 12.0. The van der Waals surface area contributed by atoms with Gasteiger partial charge >= 0.3 is 0 Å². The fourth-order valence-electron chi connectivity index (χ4n) is 7.35. The molecule has 0 aliphatic carbocycles. The van der Waals surface area contributed by atoms with Crippen molar-refractivity contribution in [2.24, 2.45) is 21.7 Å². The van der Waals surface area contributed by atoms with Crippen molar-refractivity contribution in [3.63, 3.8) is 0 Å². The summed E-state index contributed by atoms with van der Waals surface area (Å²) in [5.41, 5.74) is 11.5. The van der Waals surface area contributed by atoms with Crippen LogP contribution in [0.3, 0.4) is 0 Å². The fraction of sp³-hybridized carbons (Fsp3) is 0.429. The maximum atomic E-state index is 6.45. The van der Waals surface area contributed by atoms with Crippen LogP contribution in [0.25, 0.3) is 68.6 Å². The quantitative estimate of drug-likeness (QED) is 0.113. The van der Waals surface area contributed by atoms with Crippen molar-refractivity contribution in [1.29, 1.82) is 0 Å².